The third kappa shape index (κ3) is 2.01. The first-order valence-electron chi connectivity index (χ1n) is 6.88. The predicted octanol–water partition coefficient (Wildman–Crippen LogP) is 0.986. The second kappa shape index (κ2) is 4.63. The number of nitrogens with two attached hydrogens (primary N) is 1. The van der Waals surface area contributed by atoms with Crippen LogP contribution in [0.15, 0.2) is 0 Å². The van der Waals surface area contributed by atoms with Crippen molar-refractivity contribution in [3.63, 3.8) is 0 Å². The molecule has 3 heteroatoms. The van der Waals surface area contributed by atoms with E-state index in [1.807, 2.05) is 0 Å². The van der Waals surface area contributed by atoms with Crippen LogP contribution in [0.2, 0.25) is 0 Å². The fourth-order valence-corrected chi connectivity index (χ4v) is 3.96. The molecule has 2 bridgehead atoms. The van der Waals surface area contributed by atoms with E-state index in [9.17, 15) is 0 Å². The van der Waals surface area contributed by atoms with Gasteiger partial charge in [-0.15, -0.1) is 0 Å². The van der Waals surface area contributed by atoms with Crippen LogP contribution in [-0.4, -0.2) is 32.3 Å². The molecular formula is C13H24N2O. The molecule has 0 radical (unpaired) electrons. The summed E-state index contributed by atoms with van der Waals surface area (Å²) in [6.07, 6.45) is 5.45. The summed E-state index contributed by atoms with van der Waals surface area (Å²) in [6.45, 7) is 4.18. The second-order valence-corrected chi connectivity index (χ2v) is 5.96. The topological polar surface area (TPSA) is 47.3 Å². The van der Waals surface area contributed by atoms with Gasteiger partial charge in [0.25, 0.3) is 0 Å². The highest BCUT2D eigenvalue weighted by Gasteiger charge is 2.45. The average molecular weight is 224 g/mol. The van der Waals surface area contributed by atoms with Gasteiger partial charge < -0.3 is 15.8 Å². The molecule has 16 heavy (non-hydrogen) atoms. The molecule has 1 heterocycles. The first-order chi connectivity index (χ1) is 7.84. The first-order valence-corrected chi connectivity index (χ1v) is 6.88. The van der Waals surface area contributed by atoms with Crippen molar-refractivity contribution in [2.45, 2.75) is 31.7 Å². The summed E-state index contributed by atoms with van der Waals surface area (Å²) in [5.41, 5.74) is 6.29. The highest BCUT2D eigenvalue weighted by atomic mass is 16.5. The summed E-state index contributed by atoms with van der Waals surface area (Å²) in [7, 11) is 0. The zero-order valence-corrected chi connectivity index (χ0v) is 10.0. The fourth-order valence-electron chi connectivity index (χ4n) is 3.96. The van der Waals surface area contributed by atoms with E-state index in [-0.39, 0.29) is 0 Å². The van der Waals surface area contributed by atoms with E-state index in [4.69, 9.17) is 10.5 Å². The second-order valence-electron chi connectivity index (χ2n) is 5.96. The van der Waals surface area contributed by atoms with Gasteiger partial charge in [0, 0.05) is 19.2 Å². The molecule has 5 atom stereocenters. The van der Waals surface area contributed by atoms with Crippen LogP contribution >= 0.6 is 0 Å². The Morgan fingerprint density at radius 1 is 1.12 bits per heavy atom. The van der Waals surface area contributed by atoms with Crippen molar-refractivity contribution in [1.29, 1.82) is 0 Å². The number of hydrogen-bond donors (Lipinski definition) is 2. The number of hydrogen-bond acceptors (Lipinski definition) is 3. The van der Waals surface area contributed by atoms with Crippen molar-refractivity contribution >= 4 is 0 Å². The SMILES string of the molecule is NC1C2CCC(C2)C1CNCC1CCOC1. The first kappa shape index (κ1) is 11.0. The molecule has 2 aliphatic carbocycles. The Balaban J connectivity index is 1.41. The third-order valence-corrected chi connectivity index (χ3v) is 5.00. The van der Waals surface area contributed by atoms with Crippen molar-refractivity contribution in [2.24, 2.45) is 29.4 Å². The summed E-state index contributed by atoms with van der Waals surface area (Å²) in [4.78, 5) is 0. The zero-order chi connectivity index (χ0) is 11.0. The van der Waals surface area contributed by atoms with Crippen molar-refractivity contribution in [2.75, 3.05) is 26.3 Å². The molecule has 0 aromatic heterocycles. The molecule has 0 spiro atoms. The van der Waals surface area contributed by atoms with Gasteiger partial charge in [0.15, 0.2) is 0 Å². The lowest BCUT2D eigenvalue weighted by atomic mass is 9.85. The molecule has 3 N–H and O–H groups in total. The maximum absolute atomic E-state index is 6.29. The van der Waals surface area contributed by atoms with Crippen LogP contribution in [0, 0.1) is 23.7 Å². The minimum absolute atomic E-state index is 0.478. The van der Waals surface area contributed by atoms with Gasteiger partial charge in [0.2, 0.25) is 0 Å². The smallest absolute Gasteiger partial charge is 0.0507 e. The van der Waals surface area contributed by atoms with E-state index < -0.39 is 0 Å². The van der Waals surface area contributed by atoms with Crippen molar-refractivity contribution in [1.82, 2.24) is 5.32 Å². The van der Waals surface area contributed by atoms with E-state index in [2.05, 4.69) is 5.32 Å². The van der Waals surface area contributed by atoms with Crippen molar-refractivity contribution in [3.8, 4) is 0 Å². The van der Waals surface area contributed by atoms with Crippen LogP contribution in [0.1, 0.15) is 25.7 Å². The molecule has 5 unspecified atom stereocenters. The molecule has 0 amide bonds. The molecule has 92 valence electrons. The van der Waals surface area contributed by atoms with E-state index in [0.717, 1.165) is 50.0 Å². The normalized spacial score (nSPS) is 46.7. The van der Waals surface area contributed by atoms with E-state index >= 15 is 0 Å². The molecule has 3 aliphatic rings. The average Bonchev–Trinajstić information content (AvgIpc) is 2.97. The summed E-state index contributed by atoms with van der Waals surface area (Å²) in [6, 6.07) is 0.478. The summed E-state index contributed by atoms with van der Waals surface area (Å²) < 4.78 is 5.39. The van der Waals surface area contributed by atoms with E-state index in [1.54, 1.807) is 0 Å². The van der Waals surface area contributed by atoms with Crippen molar-refractivity contribution < 1.29 is 4.74 Å². The van der Waals surface area contributed by atoms with Crippen LogP contribution in [0.4, 0.5) is 0 Å². The quantitative estimate of drug-likeness (QED) is 0.748. The van der Waals surface area contributed by atoms with E-state index in [1.165, 1.54) is 25.7 Å². The molecule has 2 saturated carbocycles. The van der Waals surface area contributed by atoms with Gasteiger partial charge in [-0.2, -0.15) is 0 Å². The summed E-state index contributed by atoms with van der Waals surface area (Å²) in [5.74, 6) is 3.26. The van der Waals surface area contributed by atoms with Crippen LogP contribution in [0.3, 0.4) is 0 Å². The Hall–Kier alpha value is -0.120. The van der Waals surface area contributed by atoms with Crippen LogP contribution in [0.5, 0.6) is 0 Å². The Labute approximate surface area is 98.1 Å². The number of nitrogens with one attached hydrogen (secondary N) is 1. The molecule has 0 aromatic carbocycles. The molecule has 1 saturated heterocycles. The van der Waals surface area contributed by atoms with Gasteiger partial charge in [-0.05, 0) is 55.9 Å². The number of ether oxygens (including phenoxy) is 1. The number of fused-ring (bicyclic) bond motifs is 2. The van der Waals surface area contributed by atoms with Gasteiger partial charge in [0.1, 0.15) is 0 Å². The molecule has 1 aliphatic heterocycles. The molecule has 0 aromatic rings. The Bertz CT molecular complexity index is 238. The maximum Gasteiger partial charge on any atom is 0.0507 e. The highest BCUT2D eigenvalue weighted by Crippen LogP contribution is 2.47. The van der Waals surface area contributed by atoms with Gasteiger partial charge in [-0.25, -0.2) is 0 Å². The predicted molar refractivity (Wildman–Crippen MR) is 64.1 cm³/mol. The molecule has 3 nitrogen and oxygen atoms in total. The van der Waals surface area contributed by atoms with Gasteiger partial charge >= 0.3 is 0 Å². The Kier molecular flexibility index (Phi) is 3.18. The minimum atomic E-state index is 0.478. The fraction of sp³-hybridized carbons (Fsp3) is 1.00. The lowest BCUT2D eigenvalue weighted by Crippen LogP contribution is -2.42. The molecule has 3 fully saturated rings. The van der Waals surface area contributed by atoms with Gasteiger partial charge in [0.05, 0.1) is 6.61 Å². The van der Waals surface area contributed by atoms with Crippen molar-refractivity contribution in [3.05, 3.63) is 0 Å². The Morgan fingerprint density at radius 3 is 2.69 bits per heavy atom. The lowest BCUT2D eigenvalue weighted by molar-refractivity contribution is 0.184. The van der Waals surface area contributed by atoms with Gasteiger partial charge in [-0.3, -0.25) is 0 Å². The van der Waals surface area contributed by atoms with Crippen LogP contribution in [0.25, 0.3) is 0 Å². The monoisotopic (exact) mass is 224 g/mol. The zero-order valence-electron chi connectivity index (χ0n) is 10.0. The molecule has 3 rings (SSSR count). The third-order valence-electron chi connectivity index (χ3n) is 5.00. The van der Waals surface area contributed by atoms with Crippen LogP contribution < -0.4 is 11.1 Å². The largest absolute Gasteiger partial charge is 0.381 e. The lowest BCUT2D eigenvalue weighted by Gasteiger charge is -2.28. The highest BCUT2D eigenvalue weighted by molar-refractivity contribution is 4.99. The standard InChI is InChI=1S/C13H24N2O/c14-13-11-2-1-10(5-11)12(13)7-15-6-9-3-4-16-8-9/h9-13,15H,1-8,14H2. The van der Waals surface area contributed by atoms with Gasteiger partial charge in [-0.1, -0.05) is 0 Å². The summed E-state index contributed by atoms with van der Waals surface area (Å²) >= 11 is 0. The number of rotatable bonds is 4. The van der Waals surface area contributed by atoms with E-state index in [0.29, 0.717) is 6.04 Å². The molecular weight excluding hydrogens is 200 g/mol. The Morgan fingerprint density at radius 2 is 2.00 bits per heavy atom. The maximum atomic E-state index is 6.29. The summed E-state index contributed by atoms with van der Waals surface area (Å²) in [5, 5.41) is 3.62. The van der Waals surface area contributed by atoms with Crippen LogP contribution in [-0.2, 0) is 4.74 Å². The minimum Gasteiger partial charge on any atom is -0.381 e.